The number of aromatic amines is 1. The van der Waals surface area contributed by atoms with E-state index < -0.39 is 0 Å². The number of hydrogen-bond donors (Lipinski definition) is 1. The summed E-state index contributed by atoms with van der Waals surface area (Å²) >= 11 is 6.92. The summed E-state index contributed by atoms with van der Waals surface area (Å²) in [5.74, 6) is 1.32. The molecular formula is C11H15N3OS2. The Bertz CT molecular complexity index is 515. The van der Waals surface area contributed by atoms with E-state index in [1.54, 1.807) is 18.4 Å². The van der Waals surface area contributed by atoms with Gasteiger partial charge in [0.05, 0.1) is 11.5 Å². The molecule has 0 saturated carbocycles. The van der Waals surface area contributed by atoms with Crippen LogP contribution in [0.25, 0.3) is 10.7 Å². The number of H-pyrrole nitrogens is 1. The molecule has 0 saturated heterocycles. The average molecular weight is 269 g/mol. The Morgan fingerprint density at radius 3 is 3.12 bits per heavy atom. The van der Waals surface area contributed by atoms with Crippen LogP contribution in [-0.4, -0.2) is 28.5 Å². The van der Waals surface area contributed by atoms with Crippen LogP contribution in [-0.2, 0) is 11.3 Å². The molecule has 0 aromatic carbocycles. The zero-order chi connectivity index (χ0) is 12.3. The Labute approximate surface area is 109 Å². The summed E-state index contributed by atoms with van der Waals surface area (Å²) in [5.41, 5.74) is 0. The summed E-state index contributed by atoms with van der Waals surface area (Å²) in [5, 5.41) is 9.18. The van der Waals surface area contributed by atoms with Gasteiger partial charge in [0, 0.05) is 13.7 Å². The van der Waals surface area contributed by atoms with E-state index in [1.807, 2.05) is 22.1 Å². The number of hydrogen-bond acceptors (Lipinski definition) is 4. The molecule has 6 heteroatoms. The number of nitrogens with one attached hydrogen (secondary N) is 1. The molecule has 92 valence electrons. The number of methoxy groups -OCH3 is 1. The second-order valence-corrected chi connectivity index (χ2v) is 5.34. The van der Waals surface area contributed by atoms with Crippen LogP contribution >= 0.6 is 23.6 Å². The molecule has 4 nitrogen and oxygen atoms in total. The predicted molar refractivity (Wildman–Crippen MR) is 71.8 cm³/mol. The fourth-order valence-corrected chi connectivity index (χ4v) is 2.66. The maximum absolute atomic E-state index is 5.26. The van der Waals surface area contributed by atoms with Crippen LogP contribution in [0.2, 0.25) is 0 Å². The van der Waals surface area contributed by atoms with Gasteiger partial charge in [0.25, 0.3) is 0 Å². The summed E-state index contributed by atoms with van der Waals surface area (Å²) in [6.45, 7) is 3.67. The third-order valence-corrected chi connectivity index (χ3v) is 3.62. The van der Waals surface area contributed by atoms with Crippen LogP contribution in [0.5, 0.6) is 0 Å². The molecule has 2 heterocycles. The van der Waals surface area contributed by atoms with Crippen LogP contribution < -0.4 is 0 Å². The highest BCUT2D eigenvalue weighted by atomic mass is 32.1. The Balaban J connectivity index is 2.27. The Hall–Kier alpha value is -0.980. The van der Waals surface area contributed by atoms with Crippen LogP contribution in [0, 0.1) is 10.7 Å². The van der Waals surface area contributed by atoms with Gasteiger partial charge in [0.2, 0.25) is 0 Å². The number of aromatic nitrogens is 3. The molecule has 17 heavy (non-hydrogen) atoms. The standard InChI is InChI=1S/C11H15N3OS2/c1-8(7-15-2)6-14-10(12-13-11(14)16)9-4-3-5-17-9/h3-5,8H,6-7H2,1-2H3,(H,13,16). The number of rotatable bonds is 5. The third-order valence-electron chi connectivity index (χ3n) is 2.45. The van der Waals surface area contributed by atoms with Crippen molar-refractivity contribution in [1.29, 1.82) is 0 Å². The highest BCUT2D eigenvalue weighted by molar-refractivity contribution is 7.71. The predicted octanol–water partition coefficient (Wildman–Crippen LogP) is 2.95. The van der Waals surface area contributed by atoms with Crippen LogP contribution in [0.3, 0.4) is 0 Å². The molecule has 0 fully saturated rings. The van der Waals surface area contributed by atoms with Crippen molar-refractivity contribution in [3.05, 3.63) is 22.3 Å². The second kappa shape index (κ2) is 5.57. The quantitative estimate of drug-likeness (QED) is 0.849. The van der Waals surface area contributed by atoms with Crippen molar-refractivity contribution in [1.82, 2.24) is 14.8 Å². The highest BCUT2D eigenvalue weighted by Gasteiger charge is 2.12. The van der Waals surface area contributed by atoms with E-state index >= 15 is 0 Å². The van der Waals surface area contributed by atoms with Crippen molar-refractivity contribution in [2.45, 2.75) is 13.5 Å². The van der Waals surface area contributed by atoms with E-state index in [1.165, 1.54) is 0 Å². The van der Waals surface area contributed by atoms with Crippen LogP contribution in [0.1, 0.15) is 6.92 Å². The summed E-state index contributed by atoms with van der Waals surface area (Å²) in [7, 11) is 1.71. The van der Waals surface area contributed by atoms with E-state index in [0.717, 1.165) is 23.9 Å². The largest absolute Gasteiger partial charge is 0.384 e. The lowest BCUT2D eigenvalue weighted by Gasteiger charge is -2.12. The Kier molecular flexibility index (Phi) is 4.09. The van der Waals surface area contributed by atoms with E-state index in [-0.39, 0.29) is 0 Å². The van der Waals surface area contributed by atoms with E-state index in [2.05, 4.69) is 17.1 Å². The first kappa shape index (κ1) is 12.5. The maximum atomic E-state index is 5.26. The van der Waals surface area contributed by atoms with Gasteiger partial charge >= 0.3 is 0 Å². The summed E-state index contributed by atoms with van der Waals surface area (Å²) < 4.78 is 7.84. The highest BCUT2D eigenvalue weighted by Crippen LogP contribution is 2.23. The Morgan fingerprint density at radius 2 is 2.47 bits per heavy atom. The SMILES string of the molecule is COCC(C)Cn1c(-c2cccs2)n[nH]c1=S. The van der Waals surface area contributed by atoms with Gasteiger partial charge in [-0.15, -0.1) is 11.3 Å². The molecule has 0 radical (unpaired) electrons. The summed E-state index contributed by atoms with van der Waals surface area (Å²) in [6, 6.07) is 4.06. The second-order valence-electron chi connectivity index (χ2n) is 4.00. The number of thiophene rings is 1. The van der Waals surface area contributed by atoms with Crippen molar-refractivity contribution in [2.24, 2.45) is 5.92 Å². The van der Waals surface area contributed by atoms with Gasteiger partial charge < -0.3 is 4.74 Å². The Morgan fingerprint density at radius 1 is 1.65 bits per heavy atom. The lowest BCUT2D eigenvalue weighted by atomic mass is 10.2. The molecule has 2 aromatic rings. The molecule has 0 aliphatic rings. The summed E-state index contributed by atoms with van der Waals surface area (Å²) in [6.07, 6.45) is 0. The molecule has 0 aliphatic carbocycles. The molecule has 0 amide bonds. The molecular weight excluding hydrogens is 254 g/mol. The van der Waals surface area contributed by atoms with Gasteiger partial charge in [0.15, 0.2) is 10.6 Å². The molecule has 2 aromatic heterocycles. The average Bonchev–Trinajstić information content (AvgIpc) is 2.90. The molecule has 1 N–H and O–H groups in total. The van der Waals surface area contributed by atoms with Gasteiger partial charge in [0.1, 0.15) is 0 Å². The van der Waals surface area contributed by atoms with Crippen molar-refractivity contribution in [3.63, 3.8) is 0 Å². The van der Waals surface area contributed by atoms with Crippen molar-refractivity contribution in [3.8, 4) is 10.7 Å². The lowest BCUT2D eigenvalue weighted by molar-refractivity contribution is 0.151. The van der Waals surface area contributed by atoms with Gasteiger partial charge in [-0.25, -0.2) is 0 Å². The fraction of sp³-hybridized carbons (Fsp3) is 0.455. The van der Waals surface area contributed by atoms with Gasteiger partial charge in [-0.2, -0.15) is 5.10 Å². The normalized spacial score (nSPS) is 12.8. The van der Waals surface area contributed by atoms with E-state index in [4.69, 9.17) is 17.0 Å². The molecule has 0 spiro atoms. The lowest BCUT2D eigenvalue weighted by Crippen LogP contribution is -2.13. The minimum atomic E-state index is 0.406. The fourth-order valence-electron chi connectivity index (χ4n) is 1.73. The first-order valence-electron chi connectivity index (χ1n) is 5.40. The van der Waals surface area contributed by atoms with Gasteiger partial charge in [-0.05, 0) is 29.6 Å². The van der Waals surface area contributed by atoms with Crippen molar-refractivity contribution in [2.75, 3.05) is 13.7 Å². The minimum Gasteiger partial charge on any atom is -0.384 e. The van der Waals surface area contributed by atoms with Gasteiger partial charge in [-0.1, -0.05) is 13.0 Å². The van der Waals surface area contributed by atoms with E-state index in [9.17, 15) is 0 Å². The van der Waals surface area contributed by atoms with Crippen LogP contribution in [0.4, 0.5) is 0 Å². The molecule has 1 unspecified atom stereocenters. The first-order chi connectivity index (χ1) is 8.22. The zero-order valence-corrected chi connectivity index (χ0v) is 11.5. The smallest absolute Gasteiger partial charge is 0.195 e. The van der Waals surface area contributed by atoms with Crippen molar-refractivity contribution >= 4 is 23.6 Å². The number of nitrogens with zero attached hydrogens (tertiary/aromatic N) is 2. The molecule has 2 rings (SSSR count). The molecule has 1 atom stereocenters. The maximum Gasteiger partial charge on any atom is 0.195 e. The first-order valence-corrected chi connectivity index (χ1v) is 6.69. The van der Waals surface area contributed by atoms with Crippen molar-refractivity contribution < 1.29 is 4.74 Å². The third kappa shape index (κ3) is 2.83. The van der Waals surface area contributed by atoms with Crippen LogP contribution in [0.15, 0.2) is 17.5 Å². The van der Waals surface area contributed by atoms with E-state index in [0.29, 0.717) is 10.7 Å². The molecule has 0 aliphatic heterocycles. The zero-order valence-electron chi connectivity index (χ0n) is 9.84. The van der Waals surface area contributed by atoms with Gasteiger partial charge in [-0.3, -0.25) is 9.67 Å². The minimum absolute atomic E-state index is 0.406. The summed E-state index contributed by atoms with van der Waals surface area (Å²) in [4.78, 5) is 1.13. The number of ether oxygens (including phenoxy) is 1. The molecule has 0 bridgehead atoms. The topological polar surface area (TPSA) is 42.8 Å². The monoisotopic (exact) mass is 269 g/mol.